The number of rotatable bonds is 5. The van der Waals surface area contributed by atoms with Gasteiger partial charge in [0.05, 0.1) is 6.54 Å². The molecule has 0 unspecified atom stereocenters. The van der Waals surface area contributed by atoms with Gasteiger partial charge in [-0.2, -0.15) is 4.98 Å². The van der Waals surface area contributed by atoms with Crippen molar-refractivity contribution < 1.29 is 4.52 Å². The van der Waals surface area contributed by atoms with Crippen molar-refractivity contribution in [3.05, 3.63) is 29.4 Å². The number of hydrogen-bond donors (Lipinski definition) is 1. The van der Waals surface area contributed by atoms with E-state index in [1.54, 1.807) is 0 Å². The fourth-order valence-electron chi connectivity index (χ4n) is 1.78. The monoisotopic (exact) mass is 246 g/mol. The Bertz CT molecular complexity index is 501. The molecule has 0 spiro atoms. The van der Waals surface area contributed by atoms with Crippen LogP contribution in [0.4, 0.5) is 0 Å². The Morgan fingerprint density at radius 1 is 1.17 bits per heavy atom. The second kappa shape index (κ2) is 5.73. The second-order valence-electron chi connectivity index (χ2n) is 4.33. The van der Waals surface area contributed by atoms with Crippen LogP contribution in [-0.4, -0.2) is 21.7 Å². The Kier molecular flexibility index (Phi) is 4.04. The van der Waals surface area contributed by atoms with E-state index in [9.17, 15) is 0 Å². The molecule has 5 heteroatoms. The van der Waals surface area contributed by atoms with Gasteiger partial charge in [0.25, 0.3) is 0 Å². The summed E-state index contributed by atoms with van der Waals surface area (Å²) >= 11 is 0. The quantitative estimate of drug-likeness (QED) is 0.820. The molecule has 5 nitrogen and oxygen atoms in total. The molecule has 0 radical (unpaired) electrons. The summed E-state index contributed by atoms with van der Waals surface area (Å²) in [6, 6.07) is 3.92. The van der Waals surface area contributed by atoms with Gasteiger partial charge in [-0.1, -0.05) is 12.1 Å². The normalized spacial score (nSPS) is 10.8. The van der Waals surface area contributed by atoms with Crippen LogP contribution in [0.1, 0.15) is 30.6 Å². The molecule has 18 heavy (non-hydrogen) atoms. The van der Waals surface area contributed by atoms with Crippen LogP contribution in [0.15, 0.2) is 16.7 Å². The van der Waals surface area contributed by atoms with Crippen LogP contribution < -0.4 is 5.32 Å². The maximum atomic E-state index is 5.20. The summed E-state index contributed by atoms with van der Waals surface area (Å²) in [5, 5.41) is 7.22. The van der Waals surface area contributed by atoms with Crippen molar-refractivity contribution in [1.82, 2.24) is 20.4 Å². The summed E-state index contributed by atoms with van der Waals surface area (Å²) < 4.78 is 5.20. The minimum Gasteiger partial charge on any atom is -0.338 e. The molecule has 2 aromatic rings. The number of hydrogen-bond acceptors (Lipinski definition) is 5. The average Bonchev–Trinajstić information content (AvgIpc) is 2.77. The molecule has 0 aliphatic heterocycles. The SMILES string of the molecule is CCCNCc1nc(-c2cc(C)nc(C)c2)no1. The van der Waals surface area contributed by atoms with Crippen LogP contribution in [-0.2, 0) is 6.54 Å². The zero-order valence-corrected chi connectivity index (χ0v) is 11.0. The van der Waals surface area contributed by atoms with Gasteiger partial charge in [-0.25, -0.2) is 0 Å². The summed E-state index contributed by atoms with van der Waals surface area (Å²) in [5.74, 6) is 1.24. The first-order valence-corrected chi connectivity index (χ1v) is 6.18. The van der Waals surface area contributed by atoms with E-state index in [1.807, 2.05) is 26.0 Å². The van der Waals surface area contributed by atoms with E-state index in [0.29, 0.717) is 18.3 Å². The molecule has 0 fully saturated rings. The van der Waals surface area contributed by atoms with Gasteiger partial charge in [-0.15, -0.1) is 0 Å². The Morgan fingerprint density at radius 3 is 2.56 bits per heavy atom. The van der Waals surface area contributed by atoms with E-state index in [0.717, 1.165) is 29.9 Å². The number of nitrogens with zero attached hydrogens (tertiary/aromatic N) is 3. The molecule has 2 aromatic heterocycles. The largest absolute Gasteiger partial charge is 0.338 e. The minimum absolute atomic E-state index is 0.615. The van der Waals surface area contributed by atoms with Crippen molar-refractivity contribution in [3.63, 3.8) is 0 Å². The predicted molar refractivity (Wildman–Crippen MR) is 69.0 cm³/mol. The van der Waals surface area contributed by atoms with Crippen molar-refractivity contribution in [3.8, 4) is 11.4 Å². The van der Waals surface area contributed by atoms with E-state index in [1.165, 1.54) is 0 Å². The van der Waals surface area contributed by atoms with Crippen LogP contribution >= 0.6 is 0 Å². The van der Waals surface area contributed by atoms with Gasteiger partial charge in [0.1, 0.15) is 0 Å². The highest BCUT2D eigenvalue weighted by atomic mass is 16.5. The Balaban J connectivity index is 2.13. The molecule has 0 atom stereocenters. The van der Waals surface area contributed by atoms with Crippen molar-refractivity contribution in [1.29, 1.82) is 0 Å². The van der Waals surface area contributed by atoms with E-state index in [2.05, 4.69) is 27.4 Å². The molecule has 2 heterocycles. The Labute approximate surface area is 107 Å². The molecule has 0 saturated carbocycles. The number of pyridine rings is 1. The molecular weight excluding hydrogens is 228 g/mol. The fraction of sp³-hybridized carbons (Fsp3) is 0.462. The predicted octanol–water partition coefficient (Wildman–Crippen LogP) is 2.25. The third kappa shape index (κ3) is 3.13. The highest BCUT2D eigenvalue weighted by Crippen LogP contribution is 2.17. The average molecular weight is 246 g/mol. The van der Waals surface area contributed by atoms with Gasteiger partial charge in [0.2, 0.25) is 11.7 Å². The maximum Gasteiger partial charge on any atom is 0.240 e. The molecule has 2 rings (SSSR count). The van der Waals surface area contributed by atoms with E-state index in [4.69, 9.17) is 4.52 Å². The van der Waals surface area contributed by atoms with Gasteiger partial charge >= 0.3 is 0 Å². The molecule has 0 bridgehead atoms. The molecule has 1 N–H and O–H groups in total. The van der Waals surface area contributed by atoms with Crippen molar-refractivity contribution in [2.45, 2.75) is 33.7 Å². The standard InChI is InChI=1S/C13H18N4O/c1-4-5-14-8-12-16-13(17-18-12)11-6-9(2)15-10(3)7-11/h6-7,14H,4-5,8H2,1-3H3. The number of nitrogens with one attached hydrogen (secondary N) is 1. The molecule has 0 aliphatic rings. The highest BCUT2D eigenvalue weighted by molar-refractivity contribution is 5.55. The first-order valence-electron chi connectivity index (χ1n) is 6.18. The topological polar surface area (TPSA) is 63.8 Å². The van der Waals surface area contributed by atoms with Gasteiger partial charge in [0.15, 0.2) is 0 Å². The van der Waals surface area contributed by atoms with E-state index < -0.39 is 0 Å². The molecule has 0 amide bonds. The van der Waals surface area contributed by atoms with Crippen LogP contribution in [0, 0.1) is 13.8 Å². The van der Waals surface area contributed by atoms with Gasteiger partial charge in [-0.05, 0) is 38.9 Å². The zero-order chi connectivity index (χ0) is 13.0. The lowest BCUT2D eigenvalue weighted by Gasteiger charge is -1.99. The smallest absolute Gasteiger partial charge is 0.240 e. The first-order chi connectivity index (χ1) is 8.69. The summed E-state index contributed by atoms with van der Waals surface area (Å²) in [7, 11) is 0. The Hall–Kier alpha value is -1.75. The lowest BCUT2D eigenvalue weighted by molar-refractivity contribution is 0.368. The lowest BCUT2D eigenvalue weighted by atomic mass is 10.2. The molecular formula is C13H18N4O. The van der Waals surface area contributed by atoms with Crippen LogP contribution in [0.2, 0.25) is 0 Å². The molecule has 0 aliphatic carbocycles. The van der Waals surface area contributed by atoms with Crippen molar-refractivity contribution in [2.75, 3.05) is 6.54 Å². The van der Waals surface area contributed by atoms with E-state index >= 15 is 0 Å². The molecule has 0 saturated heterocycles. The van der Waals surface area contributed by atoms with Crippen LogP contribution in [0.25, 0.3) is 11.4 Å². The van der Waals surface area contributed by atoms with Crippen LogP contribution in [0.5, 0.6) is 0 Å². The third-order valence-corrected chi connectivity index (χ3v) is 2.51. The van der Waals surface area contributed by atoms with Crippen LogP contribution in [0.3, 0.4) is 0 Å². The van der Waals surface area contributed by atoms with Gasteiger partial charge < -0.3 is 9.84 Å². The second-order valence-corrected chi connectivity index (χ2v) is 4.33. The lowest BCUT2D eigenvalue weighted by Crippen LogP contribution is -2.13. The summed E-state index contributed by atoms with van der Waals surface area (Å²) in [5.41, 5.74) is 2.87. The fourth-order valence-corrected chi connectivity index (χ4v) is 1.78. The number of aryl methyl sites for hydroxylation is 2. The summed E-state index contributed by atoms with van der Waals surface area (Å²) in [6.45, 7) is 7.60. The molecule has 0 aromatic carbocycles. The minimum atomic E-state index is 0.615. The zero-order valence-electron chi connectivity index (χ0n) is 11.0. The molecule has 96 valence electrons. The first kappa shape index (κ1) is 12.7. The maximum absolute atomic E-state index is 5.20. The van der Waals surface area contributed by atoms with Gasteiger partial charge in [-0.3, -0.25) is 4.98 Å². The Morgan fingerprint density at radius 2 is 1.89 bits per heavy atom. The third-order valence-electron chi connectivity index (χ3n) is 2.51. The summed E-state index contributed by atoms with van der Waals surface area (Å²) in [6.07, 6.45) is 1.09. The van der Waals surface area contributed by atoms with Crippen molar-refractivity contribution >= 4 is 0 Å². The highest BCUT2D eigenvalue weighted by Gasteiger charge is 2.09. The summed E-state index contributed by atoms with van der Waals surface area (Å²) in [4.78, 5) is 8.70. The number of aromatic nitrogens is 3. The van der Waals surface area contributed by atoms with Gasteiger partial charge in [0, 0.05) is 17.0 Å². The van der Waals surface area contributed by atoms with Crippen molar-refractivity contribution in [2.24, 2.45) is 0 Å². The van der Waals surface area contributed by atoms with E-state index in [-0.39, 0.29) is 0 Å².